The molecule has 2 aliphatic heterocycles. The second-order valence-electron chi connectivity index (χ2n) is 5.88. The first-order chi connectivity index (χ1) is 9.79. The molecule has 2 atom stereocenters. The number of rotatable bonds is 5. The second-order valence-corrected chi connectivity index (χ2v) is 8.11. The Morgan fingerprint density at radius 3 is 2.67 bits per heavy atom. The van der Waals surface area contributed by atoms with Gasteiger partial charge in [0, 0.05) is 6.04 Å². The Labute approximate surface area is 124 Å². The van der Waals surface area contributed by atoms with E-state index in [1.54, 1.807) is 4.90 Å². The number of aliphatic carboxylic acids is 1. The van der Waals surface area contributed by atoms with E-state index in [4.69, 9.17) is 0 Å². The lowest BCUT2D eigenvalue weighted by Crippen LogP contribution is -2.54. The number of likely N-dealkylation sites (tertiary alicyclic amines) is 1. The van der Waals surface area contributed by atoms with Crippen LogP contribution in [0.15, 0.2) is 0 Å². The Hall–Kier alpha value is -1.15. The van der Waals surface area contributed by atoms with Crippen molar-refractivity contribution in [3.05, 3.63) is 0 Å². The van der Waals surface area contributed by atoms with Gasteiger partial charge in [0.15, 0.2) is 9.84 Å². The van der Waals surface area contributed by atoms with Crippen molar-refractivity contribution in [2.45, 2.75) is 44.2 Å². The average Bonchev–Trinajstić information content (AvgIpc) is 2.93. The fourth-order valence-corrected chi connectivity index (χ4v) is 4.99. The molecule has 2 aliphatic rings. The molecule has 7 nitrogen and oxygen atoms in total. The largest absolute Gasteiger partial charge is 0.480 e. The van der Waals surface area contributed by atoms with Crippen LogP contribution in [0.25, 0.3) is 0 Å². The smallest absolute Gasteiger partial charge is 0.324 e. The van der Waals surface area contributed by atoms with Gasteiger partial charge >= 0.3 is 5.97 Å². The van der Waals surface area contributed by atoms with Gasteiger partial charge in [-0.15, -0.1) is 0 Å². The molecule has 0 radical (unpaired) electrons. The Balaban J connectivity index is 1.95. The molecule has 21 heavy (non-hydrogen) atoms. The Bertz CT molecular complexity index is 533. The maximum absolute atomic E-state index is 12.1. The van der Waals surface area contributed by atoms with Gasteiger partial charge in [-0.3, -0.25) is 14.5 Å². The third-order valence-electron chi connectivity index (χ3n) is 4.54. The van der Waals surface area contributed by atoms with Crippen LogP contribution in [0.1, 0.15) is 32.6 Å². The molecular formula is C13H22N2O5S. The van der Waals surface area contributed by atoms with Gasteiger partial charge < -0.3 is 10.4 Å². The summed E-state index contributed by atoms with van der Waals surface area (Å²) in [7, 11) is -3.03. The molecule has 2 heterocycles. The molecule has 0 bridgehead atoms. The van der Waals surface area contributed by atoms with E-state index in [0.717, 1.165) is 6.42 Å². The Kier molecular flexibility index (Phi) is 4.57. The molecule has 2 unspecified atom stereocenters. The van der Waals surface area contributed by atoms with Crippen LogP contribution in [0.5, 0.6) is 0 Å². The first-order valence-corrected chi connectivity index (χ1v) is 9.09. The maximum Gasteiger partial charge on any atom is 0.324 e. The highest BCUT2D eigenvalue weighted by Gasteiger charge is 2.46. The van der Waals surface area contributed by atoms with E-state index in [0.29, 0.717) is 25.8 Å². The number of carboxylic acids is 1. The topological polar surface area (TPSA) is 104 Å². The normalized spacial score (nSPS) is 32.1. The highest BCUT2D eigenvalue weighted by atomic mass is 32.2. The minimum absolute atomic E-state index is 0.0106. The van der Waals surface area contributed by atoms with Crippen LogP contribution in [0.4, 0.5) is 0 Å². The van der Waals surface area contributed by atoms with Crippen molar-refractivity contribution in [2.24, 2.45) is 0 Å². The van der Waals surface area contributed by atoms with Crippen LogP contribution in [0.2, 0.25) is 0 Å². The monoisotopic (exact) mass is 318 g/mol. The van der Waals surface area contributed by atoms with Crippen molar-refractivity contribution >= 4 is 21.7 Å². The van der Waals surface area contributed by atoms with Gasteiger partial charge in [0.1, 0.15) is 5.54 Å². The van der Waals surface area contributed by atoms with E-state index in [9.17, 15) is 23.1 Å². The van der Waals surface area contributed by atoms with E-state index in [2.05, 4.69) is 5.32 Å². The molecule has 2 fully saturated rings. The molecular weight excluding hydrogens is 296 g/mol. The minimum atomic E-state index is -3.03. The molecule has 1 amide bonds. The summed E-state index contributed by atoms with van der Waals surface area (Å²) in [6.07, 6.45) is 2.19. The van der Waals surface area contributed by atoms with Crippen LogP contribution in [0.3, 0.4) is 0 Å². The van der Waals surface area contributed by atoms with Crippen LogP contribution in [-0.4, -0.2) is 66.5 Å². The molecule has 0 aliphatic carbocycles. The molecule has 2 saturated heterocycles. The van der Waals surface area contributed by atoms with Crippen LogP contribution in [-0.2, 0) is 19.4 Å². The predicted octanol–water partition coefficient (Wildman–Crippen LogP) is -0.381. The molecule has 0 saturated carbocycles. The summed E-state index contributed by atoms with van der Waals surface area (Å²) in [6.45, 7) is 2.40. The van der Waals surface area contributed by atoms with Gasteiger partial charge in [-0.25, -0.2) is 8.42 Å². The SMILES string of the molecule is CCC1(C(=O)O)CCCN1CC(=O)NC1CCS(=O)(=O)C1. The van der Waals surface area contributed by atoms with E-state index in [-0.39, 0.29) is 30.0 Å². The first kappa shape index (κ1) is 16.2. The van der Waals surface area contributed by atoms with Crippen molar-refractivity contribution in [3.63, 3.8) is 0 Å². The number of sulfone groups is 1. The summed E-state index contributed by atoms with van der Waals surface area (Å²) < 4.78 is 22.7. The Morgan fingerprint density at radius 1 is 1.43 bits per heavy atom. The summed E-state index contributed by atoms with van der Waals surface area (Å²) in [4.78, 5) is 25.3. The first-order valence-electron chi connectivity index (χ1n) is 7.27. The molecule has 0 aromatic rings. The van der Waals surface area contributed by atoms with E-state index >= 15 is 0 Å². The Morgan fingerprint density at radius 2 is 2.14 bits per heavy atom. The van der Waals surface area contributed by atoms with Gasteiger partial charge in [-0.1, -0.05) is 6.92 Å². The van der Waals surface area contributed by atoms with Gasteiger partial charge in [0.2, 0.25) is 5.91 Å². The number of amides is 1. The van der Waals surface area contributed by atoms with Crippen molar-refractivity contribution in [1.82, 2.24) is 10.2 Å². The predicted molar refractivity (Wildman–Crippen MR) is 76.7 cm³/mol. The lowest BCUT2D eigenvalue weighted by atomic mass is 9.93. The average molecular weight is 318 g/mol. The zero-order valence-corrected chi connectivity index (χ0v) is 13.0. The van der Waals surface area contributed by atoms with Crippen molar-refractivity contribution < 1.29 is 23.1 Å². The molecule has 8 heteroatoms. The van der Waals surface area contributed by atoms with Crippen molar-refractivity contribution in [2.75, 3.05) is 24.6 Å². The number of nitrogens with zero attached hydrogens (tertiary/aromatic N) is 1. The number of nitrogens with one attached hydrogen (secondary N) is 1. The van der Waals surface area contributed by atoms with Gasteiger partial charge in [0.05, 0.1) is 18.1 Å². The third kappa shape index (κ3) is 3.37. The summed E-state index contributed by atoms with van der Waals surface area (Å²) in [6, 6.07) is -0.342. The highest BCUT2D eigenvalue weighted by Crippen LogP contribution is 2.32. The maximum atomic E-state index is 12.1. The zero-order valence-electron chi connectivity index (χ0n) is 12.2. The van der Waals surface area contributed by atoms with Crippen molar-refractivity contribution in [3.8, 4) is 0 Å². The number of hydrogen-bond donors (Lipinski definition) is 2. The van der Waals surface area contributed by atoms with E-state index in [1.165, 1.54) is 0 Å². The number of carbonyl (C=O) groups is 2. The zero-order chi connectivity index (χ0) is 15.7. The quantitative estimate of drug-likeness (QED) is 0.716. The standard InChI is InChI=1S/C13H22N2O5S/c1-2-13(12(17)18)5-3-6-15(13)8-11(16)14-10-4-7-21(19,20)9-10/h10H,2-9H2,1H3,(H,14,16)(H,17,18). The molecule has 0 aromatic heterocycles. The third-order valence-corrected chi connectivity index (χ3v) is 6.31. The van der Waals surface area contributed by atoms with Crippen LogP contribution >= 0.6 is 0 Å². The van der Waals surface area contributed by atoms with Crippen LogP contribution < -0.4 is 5.32 Å². The molecule has 0 spiro atoms. The lowest BCUT2D eigenvalue weighted by molar-refractivity contribution is -0.150. The lowest BCUT2D eigenvalue weighted by Gasteiger charge is -2.33. The summed E-state index contributed by atoms with van der Waals surface area (Å²) >= 11 is 0. The van der Waals surface area contributed by atoms with E-state index in [1.807, 2.05) is 6.92 Å². The molecule has 120 valence electrons. The fourth-order valence-electron chi connectivity index (χ4n) is 3.31. The summed E-state index contributed by atoms with van der Waals surface area (Å²) in [5.74, 6) is -1.09. The van der Waals surface area contributed by atoms with Gasteiger partial charge in [-0.05, 0) is 32.2 Å². The second kappa shape index (κ2) is 5.92. The minimum Gasteiger partial charge on any atom is -0.480 e. The van der Waals surface area contributed by atoms with Gasteiger partial charge in [0.25, 0.3) is 0 Å². The summed E-state index contributed by atoms with van der Waals surface area (Å²) in [5, 5.41) is 12.2. The fraction of sp³-hybridized carbons (Fsp3) is 0.846. The number of hydrogen-bond acceptors (Lipinski definition) is 5. The van der Waals surface area contributed by atoms with Crippen LogP contribution in [0, 0.1) is 0 Å². The molecule has 2 rings (SSSR count). The molecule has 2 N–H and O–H groups in total. The summed E-state index contributed by atoms with van der Waals surface area (Å²) in [5.41, 5.74) is -0.959. The molecule has 0 aromatic carbocycles. The van der Waals surface area contributed by atoms with Crippen molar-refractivity contribution in [1.29, 1.82) is 0 Å². The number of carboxylic acid groups (broad SMARTS) is 1. The van der Waals surface area contributed by atoms with E-state index < -0.39 is 21.3 Å². The number of carbonyl (C=O) groups excluding carboxylic acids is 1. The highest BCUT2D eigenvalue weighted by molar-refractivity contribution is 7.91. The van der Waals surface area contributed by atoms with Gasteiger partial charge in [-0.2, -0.15) is 0 Å².